The van der Waals surface area contributed by atoms with E-state index < -0.39 is 0 Å². The third kappa shape index (κ3) is 2.79. The van der Waals surface area contributed by atoms with Gasteiger partial charge in [0.25, 0.3) is 5.22 Å². The van der Waals surface area contributed by atoms with Gasteiger partial charge < -0.3 is 14.9 Å². The lowest BCUT2D eigenvalue weighted by Crippen LogP contribution is -1.93. The minimum atomic E-state index is 0.675. The largest absolute Gasteiger partial charge is 0.496 e. The Balaban J connectivity index is 2.12. The number of thioether (sulfide) groups is 1. The standard InChI is InChI=1S/C13H16N2O2S/c1-8-9(2)17-13(15-8)18-7-10-6-11(14)4-5-12(10)16-3/h4-6H,7,14H2,1-3H3. The second-order valence-corrected chi connectivity index (χ2v) is 4.91. The number of anilines is 1. The van der Waals surface area contributed by atoms with Gasteiger partial charge in [0.1, 0.15) is 11.5 Å². The first kappa shape index (κ1) is 12.8. The molecule has 1 heterocycles. The van der Waals surface area contributed by atoms with E-state index in [1.807, 2.05) is 32.0 Å². The quantitative estimate of drug-likeness (QED) is 0.679. The summed E-state index contributed by atoms with van der Waals surface area (Å²) in [7, 11) is 1.65. The lowest BCUT2D eigenvalue weighted by Gasteiger charge is -2.07. The van der Waals surface area contributed by atoms with Crippen LogP contribution in [-0.4, -0.2) is 12.1 Å². The van der Waals surface area contributed by atoms with E-state index in [4.69, 9.17) is 14.9 Å². The minimum Gasteiger partial charge on any atom is -0.496 e. The maximum atomic E-state index is 5.78. The highest BCUT2D eigenvalue weighted by Crippen LogP contribution is 2.29. The first-order chi connectivity index (χ1) is 8.60. The van der Waals surface area contributed by atoms with Crippen LogP contribution in [0.1, 0.15) is 17.0 Å². The van der Waals surface area contributed by atoms with Gasteiger partial charge in [0, 0.05) is 17.0 Å². The Morgan fingerprint density at radius 3 is 2.78 bits per heavy atom. The van der Waals surface area contributed by atoms with Gasteiger partial charge in [-0.25, -0.2) is 4.98 Å². The van der Waals surface area contributed by atoms with Gasteiger partial charge in [-0.15, -0.1) is 0 Å². The fourth-order valence-corrected chi connectivity index (χ4v) is 2.45. The molecule has 96 valence electrons. The minimum absolute atomic E-state index is 0.675. The molecular formula is C13H16N2O2S. The molecule has 0 saturated heterocycles. The van der Waals surface area contributed by atoms with Crippen molar-refractivity contribution in [2.75, 3.05) is 12.8 Å². The molecule has 0 bridgehead atoms. The van der Waals surface area contributed by atoms with Crippen LogP contribution in [0, 0.1) is 13.8 Å². The molecule has 0 saturated carbocycles. The van der Waals surface area contributed by atoms with E-state index in [2.05, 4.69) is 4.98 Å². The van der Waals surface area contributed by atoms with Gasteiger partial charge in [-0.3, -0.25) is 0 Å². The number of ether oxygens (including phenoxy) is 1. The fraction of sp³-hybridized carbons (Fsp3) is 0.308. The number of aryl methyl sites for hydroxylation is 2. The van der Waals surface area contributed by atoms with E-state index in [-0.39, 0.29) is 0 Å². The van der Waals surface area contributed by atoms with Crippen molar-refractivity contribution in [3.8, 4) is 5.75 Å². The number of nitrogens with zero attached hydrogens (tertiary/aromatic N) is 1. The van der Waals surface area contributed by atoms with E-state index in [1.54, 1.807) is 7.11 Å². The smallest absolute Gasteiger partial charge is 0.256 e. The molecule has 2 rings (SSSR count). The first-order valence-corrected chi connectivity index (χ1v) is 6.58. The summed E-state index contributed by atoms with van der Waals surface area (Å²) >= 11 is 1.53. The summed E-state index contributed by atoms with van der Waals surface area (Å²) in [6.07, 6.45) is 0. The van der Waals surface area contributed by atoms with E-state index in [1.165, 1.54) is 11.8 Å². The van der Waals surface area contributed by atoms with Crippen LogP contribution >= 0.6 is 11.8 Å². The zero-order valence-corrected chi connectivity index (χ0v) is 11.5. The van der Waals surface area contributed by atoms with Crippen molar-refractivity contribution in [1.82, 2.24) is 4.98 Å². The lowest BCUT2D eigenvalue weighted by atomic mass is 10.2. The Hall–Kier alpha value is -1.62. The van der Waals surface area contributed by atoms with Crippen molar-refractivity contribution >= 4 is 17.4 Å². The van der Waals surface area contributed by atoms with E-state index in [0.29, 0.717) is 11.0 Å². The van der Waals surface area contributed by atoms with Crippen LogP contribution < -0.4 is 10.5 Å². The molecule has 18 heavy (non-hydrogen) atoms. The van der Waals surface area contributed by atoms with E-state index >= 15 is 0 Å². The highest BCUT2D eigenvalue weighted by atomic mass is 32.2. The molecule has 0 unspecified atom stereocenters. The molecule has 0 amide bonds. The summed E-state index contributed by atoms with van der Waals surface area (Å²) in [5.74, 6) is 2.40. The summed E-state index contributed by atoms with van der Waals surface area (Å²) in [5.41, 5.74) is 8.47. The Labute approximate surface area is 111 Å². The second kappa shape index (κ2) is 5.35. The maximum absolute atomic E-state index is 5.78. The summed E-state index contributed by atoms with van der Waals surface area (Å²) in [6.45, 7) is 3.84. The van der Waals surface area contributed by atoms with E-state index in [0.717, 1.165) is 28.5 Å². The molecule has 0 aliphatic rings. The van der Waals surface area contributed by atoms with Crippen LogP contribution in [0.2, 0.25) is 0 Å². The first-order valence-electron chi connectivity index (χ1n) is 5.59. The SMILES string of the molecule is COc1ccc(N)cc1CSc1nc(C)c(C)o1. The monoisotopic (exact) mass is 264 g/mol. The number of hydrogen-bond donors (Lipinski definition) is 1. The zero-order valence-electron chi connectivity index (χ0n) is 10.7. The maximum Gasteiger partial charge on any atom is 0.256 e. The number of benzene rings is 1. The average Bonchev–Trinajstić information content (AvgIpc) is 2.66. The normalized spacial score (nSPS) is 10.6. The van der Waals surface area contributed by atoms with Crippen LogP contribution in [0.25, 0.3) is 0 Å². The fourth-order valence-electron chi connectivity index (χ4n) is 1.56. The Bertz CT molecular complexity index is 532. The zero-order chi connectivity index (χ0) is 13.1. The molecule has 2 N–H and O–H groups in total. The Kier molecular flexibility index (Phi) is 3.81. The molecule has 0 radical (unpaired) electrons. The Morgan fingerprint density at radius 2 is 2.17 bits per heavy atom. The molecule has 2 aromatic rings. The number of aromatic nitrogens is 1. The van der Waals surface area contributed by atoms with Crippen molar-refractivity contribution in [1.29, 1.82) is 0 Å². The predicted octanol–water partition coefficient (Wildman–Crippen LogP) is 3.17. The van der Waals surface area contributed by atoms with Crippen molar-refractivity contribution in [2.45, 2.75) is 24.8 Å². The third-order valence-electron chi connectivity index (χ3n) is 2.66. The van der Waals surface area contributed by atoms with Gasteiger partial charge in [0.15, 0.2) is 0 Å². The molecule has 0 fully saturated rings. The van der Waals surface area contributed by atoms with Gasteiger partial charge >= 0.3 is 0 Å². The van der Waals surface area contributed by atoms with Crippen molar-refractivity contribution in [2.24, 2.45) is 0 Å². The summed E-state index contributed by atoms with van der Waals surface area (Å²) in [5, 5.41) is 0.675. The molecule has 5 heteroatoms. The van der Waals surface area contributed by atoms with Crippen LogP contribution in [0.5, 0.6) is 5.75 Å². The van der Waals surface area contributed by atoms with Crippen LogP contribution in [0.3, 0.4) is 0 Å². The Morgan fingerprint density at radius 1 is 1.39 bits per heavy atom. The highest BCUT2D eigenvalue weighted by molar-refractivity contribution is 7.98. The highest BCUT2D eigenvalue weighted by Gasteiger charge is 2.09. The predicted molar refractivity (Wildman–Crippen MR) is 72.9 cm³/mol. The summed E-state index contributed by atoms with van der Waals surface area (Å²) in [4.78, 5) is 4.33. The van der Waals surface area contributed by atoms with Crippen molar-refractivity contribution in [3.63, 3.8) is 0 Å². The molecule has 1 aromatic carbocycles. The molecule has 0 aliphatic heterocycles. The van der Waals surface area contributed by atoms with Gasteiger partial charge in [0.05, 0.1) is 12.8 Å². The number of nitrogen functional groups attached to an aromatic ring is 1. The molecule has 0 spiro atoms. The lowest BCUT2D eigenvalue weighted by molar-refractivity contribution is 0.411. The van der Waals surface area contributed by atoms with Gasteiger partial charge in [-0.1, -0.05) is 11.8 Å². The number of hydrogen-bond acceptors (Lipinski definition) is 5. The summed E-state index contributed by atoms with van der Waals surface area (Å²) in [6, 6.07) is 5.61. The van der Waals surface area contributed by atoms with Gasteiger partial charge in [-0.05, 0) is 32.0 Å². The molecule has 4 nitrogen and oxygen atoms in total. The number of methoxy groups -OCH3 is 1. The number of oxazole rings is 1. The molecule has 1 aromatic heterocycles. The third-order valence-corrected chi connectivity index (χ3v) is 3.54. The van der Waals surface area contributed by atoms with Crippen molar-refractivity contribution in [3.05, 3.63) is 35.2 Å². The molecular weight excluding hydrogens is 248 g/mol. The molecule has 0 atom stereocenters. The van der Waals surface area contributed by atoms with Gasteiger partial charge in [0.2, 0.25) is 0 Å². The van der Waals surface area contributed by atoms with E-state index in [9.17, 15) is 0 Å². The molecule has 0 aliphatic carbocycles. The second-order valence-electron chi connectivity index (χ2n) is 3.98. The van der Waals surface area contributed by atoms with Crippen LogP contribution in [-0.2, 0) is 5.75 Å². The number of rotatable bonds is 4. The van der Waals surface area contributed by atoms with Crippen LogP contribution in [0.4, 0.5) is 5.69 Å². The average molecular weight is 264 g/mol. The number of nitrogens with two attached hydrogens (primary N) is 1. The summed E-state index contributed by atoms with van der Waals surface area (Å²) < 4.78 is 10.8. The van der Waals surface area contributed by atoms with Crippen molar-refractivity contribution < 1.29 is 9.15 Å². The van der Waals surface area contributed by atoms with Gasteiger partial charge in [-0.2, -0.15) is 0 Å². The van der Waals surface area contributed by atoms with Crippen LogP contribution in [0.15, 0.2) is 27.8 Å². The topological polar surface area (TPSA) is 61.3 Å².